The fourth-order valence-electron chi connectivity index (χ4n) is 2.66. The number of aryl methyl sites for hydroxylation is 4. The summed E-state index contributed by atoms with van der Waals surface area (Å²) in [5.74, 6) is -0.567. The third-order valence-electron chi connectivity index (χ3n) is 4.64. The Bertz CT molecular complexity index is 1020. The van der Waals surface area contributed by atoms with Crippen LogP contribution in [-0.4, -0.2) is 29.4 Å². The molecule has 0 spiro atoms. The molecule has 0 radical (unpaired) electrons. The number of thiocarbonyl (C=S) groups is 1. The van der Waals surface area contributed by atoms with Crippen molar-refractivity contribution >= 4 is 40.7 Å². The lowest BCUT2D eigenvalue weighted by molar-refractivity contribution is -0.125. The van der Waals surface area contributed by atoms with Crippen molar-refractivity contribution in [2.45, 2.75) is 40.5 Å². The van der Waals surface area contributed by atoms with Crippen LogP contribution in [0.5, 0.6) is 5.75 Å². The molecule has 0 heterocycles. The first kappa shape index (κ1) is 24.8. The molecule has 0 aromatic heterocycles. The molecule has 0 saturated carbocycles. The third-order valence-corrected chi connectivity index (χ3v) is 4.84. The first-order valence-corrected chi connectivity index (χ1v) is 10.5. The van der Waals surface area contributed by atoms with E-state index in [1.807, 2.05) is 64.1 Å². The maximum Gasteiger partial charge on any atom is 0.264 e. The number of amides is 3. The second-order valence-electron chi connectivity index (χ2n) is 7.46. The second kappa shape index (κ2) is 11.8. The quantitative estimate of drug-likeness (QED) is 0.377. The molecule has 0 aliphatic heterocycles. The predicted molar refractivity (Wildman–Crippen MR) is 127 cm³/mol. The first-order valence-electron chi connectivity index (χ1n) is 10.1. The summed E-state index contributed by atoms with van der Waals surface area (Å²) < 4.78 is 5.50. The highest BCUT2D eigenvalue weighted by Crippen LogP contribution is 2.18. The number of carbonyl (C=O) groups excluding carboxylic acids is 3. The number of nitrogens with one attached hydrogen (secondary N) is 4. The van der Waals surface area contributed by atoms with E-state index in [1.165, 1.54) is 0 Å². The number of anilines is 1. The Hall–Kier alpha value is -3.46. The highest BCUT2D eigenvalue weighted by molar-refractivity contribution is 7.80. The van der Waals surface area contributed by atoms with Gasteiger partial charge in [-0.1, -0.05) is 18.2 Å². The average Bonchev–Trinajstić information content (AvgIpc) is 2.74. The molecule has 0 atom stereocenters. The molecule has 170 valence electrons. The molecule has 0 bridgehead atoms. The molecule has 0 aliphatic carbocycles. The molecule has 0 unspecified atom stereocenters. The van der Waals surface area contributed by atoms with Crippen LogP contribution < -0.4 is 26.2 Å². The van der Waals surface area contributed by atoms with Gasteiger partial charge in [-0.3, -0.25) is 30.6 Å². The number of carbonyl (C=O) groups is 3. The van der Waals surface area contributed by atoms with Gasteiger partial charge in [0.05, 0.1) is 0 Å². The zero-order valence-corrected chi connectivity index (χ0v) is 19.4. The molecule has 2 aromatic rings. The molecule has 9 heteroatoms. The summed E-state index contributed by atoms with van der Waals surface area (Å²) in [6.45, 7) is 7.54. The summed E-state index contributed by atoms with van der Waals surface area (Å²) in [5, 5.41) is 5.09. The number of rotatable bonds is 7. The van der Waals surface area contributed by atoms with Crippen molar-refractivity contribution in [3.63, 3.8) is 0 Å². The van der Waals surface area contributed by atoms with E-state index in [-0.39, 0.29) is 30.5 Å². The van der Waals surface area contributed by atoms with Gasteiger partial charge in [-0.2, -0.15) is 0 Å². The minimum absolute atomic E-state index is 0.00322. The van der Waals surface area contributed by atoms with Gasteiger partial charge in [0.1, 0.15) is 5.75 Å². The molecule has 3 amide bonds. The Morgan fingerprint density at radius 2 is 1.50 bits per heavy atom. The van der Waals surface area contributed by atoms with Crippen LogP contribution in [0.25, 0.3) is 0 Å². The number of ether oxygens (including phenoxy) is 1. The van der Waals surface area contributed by atoms with Gasteiger partial charge in [0, 0.05) is 18.5 Å². The third kappa shape index (κ3) is 8.35. The summed E-state index contributed by atoms with van der Waals surface area (Å²) in [6.07, 6.45) is -0.0424. The summed E-state index contributed by atoms with van der Waals surface area (Å²) in [5.41, 5.74) is 9.60. The zero-order valence-electron chi connectivity index (χ0n) is 18.6. The Balaban J connectivity index is 1.65. The van der Waals surface area contributed by atoms with Crippen molar-refractivity contribution in [3.8, 4) is 5.75 Å². The van der Waals surface area contributed by atoms with E-state index < -0.39 is 11.8 Å². The van der Waals surface area contributed by atoms with Gasteiger partial charge in [0.2, 0.25) is 11.8 Å². The maximum absolute atomic E-state index is 12.0. The number of benzene rings is 2. The normalized spacial score (nSPS) is 10.1. The van der Waals surface area contributed by atoms with Crippen molar-refractivity contribution in [1.29, 1.82) is 0 Å². The molecule has 0 saturated heterocycles. The van der Waals surface area contributed by atoms with Gasteiger partial charge < -0.3 is 10.1 Å². The minimum Gasteiger partial charge on any atom is -0.483 e. The minimum atomic E-state index is -0.467. The van der Waals surface area contributed by atoms with Gasteiger partial charge >= 0.3 is 0 Å². The van der Waals surface area contributed by atoms with Crippen molar-refractivity contribution in [3.05, 3.63) is 58.7 Å². The van der Waals surface area contributed by atoms with Crippen LogP contribution >= 0.6 is 12.2 Å². The standard InChI is InChI=1S/C23H28N4O4S/c1-14-5-6-16(3)19(11-14)31-13-22(30)25-23(32)27-26-21(29)10-9-20(28)24-18-8-7-15(2)17(4)12-18/h5-8,11-12H,9-10,13H2,1-4H3,(H,24,28)(H,26,29)(H2,25,27,30,32). The van der Waals surface area contributed by atoms with Gasteiger partial charge in [-0.05, 0) is 80.4 Å². The van der Waals surface area contributed by atoms with E-state index in [9.17, 15) is 14.4 Å². The monoisotopic (exact) mass is 456 g/mol. The van der Waals surface area contributed by atoms with E-state index in [0.29, 0.717) is 11.4 Å². The van der Waals surface area contributed by atoms with Crippen molar-refractivity contribution in [2.75, 3.05) is 11.9 Å². The topological polar surface area (TPSA) is 109 Å². The van der Waals surface area contributed by atoms with E-state index in [4.69, 9.17) is 17.0 Å². The number of hydrazine groups is 1. The van der Waals surface area contributed by atoms with Crippen LogP contribution in [-0.2, 0) is 14.4 Å². The molecule has 0 fully saturated rings. The van der Waals surface area contributed by atoms with Crippen LogP contribution in [0.4, 0.5) is 5.69 Å². The van der Waals surface area contributed by atoms with Crippen molar-refractivity contribution in [2.24, 2.45) is 0 Å². The summed E-state index contributed by atoms with van der Waals surface area (Å²) in [7, 11) is 0. The molecular formula is C23H28N4O4S. The number of hydrogen-bond acceptors (Lipinski definition) is 5. The lowest BCUT2D eigenvalue weighted by atomic mass is 10.1. The molecular weight excluding hydrogens is 428 g/mol. The van der Waals surface area contributed by atoms with Crippen LogP contribution in [0.1, 0.15) is 35.1 Å². The van der Waals surface area contributed by atoms with Crippen LogP contribution in [0, 0.1) is 27.7 Å². The van der Waals surface area contributed by atoms with Gasteiger partial charge in [-0.15, -0.1) is 0 Å². The predicted octanol–water partition coefficient (Wildman–Crippen LogP) is 2.74. The Kier molecular flexibility index (Phi) is 9.15. The van der Waals surface area contributed by atoms with E-state index in [0.717, 1.165) is 22.3 Å². The number of hydrogen-bond donors (Lipinski definition) is 4. The van der Waals surface area contributed by atoms with Gasteiger partial charge in [0.25, 0.3) is 5.91 Å². The Morgan fingerprint density at radius 1 is 0.812 bits per heavy atom. The zero-order chi connectivity index (χ0) is 23.7. The summed E-state index contributed by atoms with van der Waals surface area (Å²) in [6, 6.07) is 11.3. The van der Waals surface area contributed by atoms with E-state index in [1.54, 1.807) is 0 Å². The molecule has 8 nitrogen and oxygen atoms in total. The Labute approximate surface area is 193 Å². The van der Waals surface area contributed by atoms with E-state index in [2.05, 4.69) is 21.5 Å². The average molecular weight is 457 g/mol. The van der Waals surface area contributed by atoms with Gasteiger partial charge in [0.15, 0.2) is 11.7 Å². The van der Waals surface area contributed by atoms with Gasteiger partial charge in [-0.25, -0.2) is 0 Å². The molecule has 4 N–H and O–H groups in total. The fraction of sp³-hybridized carbons (Fsp3) is 0.304. The van der Waals surface area contributed by atoms with E-state index >= 15 is 0 Å². The molecule has 2 aromatic carbocycles. The van der Waals surface area contributed by atoms with Crippen molar-refractivity contribution < 1.29 is 19.1 Å². The smallest absolute Gasteiger partial charge is 0.264 e. The molecule has 0 aliphatic rings. The van der Waals surface area contributed by atoms with Crippen LogP contribution in [0.15, 0.2) is 36.4 Å². The molecule has 32 heavy (non-hydrogen) atoms. The second-order valence-corrected chi connectivity index (χ2v) is 7.86. The summed E-state index contributed by atoms with van der Waals surface area (Å²) in [4.78, 5) is 35.9. The first-order chi connectivity index (χ1) is 15.1. The fourth-order valence-corrected chi connectivity index (χ4v) is 2.82. The van der Waals surface area contributed by atoms with Crippen molar-refractivity contribution in [1.82, 2.24) is 16.2 Å². The largest absolute Gasteiger partial charge is 0.483 e. The lowest BCUT2D eigenvalue weighted by Crippen LogP contribution is -2.49. The SMILES string of the molecule is Cc1ccc(C)c(OCC(=O)NC(=S)NNC(=O)CCC(=O)Nc2ccc(C)c(C)c2)c1. The maximum atomic E-state index is 12.0. The van der Waals surface area contributed by atoms with Crippen LogP contribution in [0.3, 0.4) is 0 Å². The lowest BCUT2D eigenvalue weighted by Gasteiger charge is -2.12. The highest BCUT2D eigenvalue weighted by Gasteiger charge is 2.10. The van der Waals surface area contributed by atoms with Crippen LogP contribution in [0.2, 0.25) is 0 Å². The Morgan fingerprint density at radius 3 is 2.22 bits per heavy atom. The molecule has 2 rings (SSSR count). The highest BCUT2D eigenvalue weighted by atomic mass is 32.1. The summed E-state index contributed by atoms with van der Waals surface area (Å²) >= 11 is 4.98.